The molecule has 2 saturated carbocycles. The minimum absolute atomic E-state index is 0.531. The van der Waals surface area contributed by atoms with E-state index in [1.165, 1.54) is 44.9 Å². The third-order valence-corrected chi connectivity index (χ3v) is 3.98. The summed E-state index contributed by atoms with van der Waals surface area (Å²) in [6, 6.07) is 0.834. The van der Waals surface area contributed by atoms with Gasteiger partial charge in [-0.05, 0) is 38.0 Å². The Bertz CT molecular complexity index is 188. The normalized spacial score (nSPS) is 42.4. The number of hydrogen-bond donors (Lipinski definition) is 1. The van der Waals surface area contributed by atoms with Gasteiger partial charge in [-0.25, -0.2) is 0 Å². The third-order valence-electron chi connectivity index (χ3n) is 3.98. The van der Waals surface area contributed by atoms with E-state index < -0.39 is 0 Å². The van der Waals surface area contributed by atoms with Gasteiger partial charge in [-0.1, -0.05) is 12.8 Å². The van der Waals surface area contributed by atoms with Crippen molar-refractivity contribution in [3.63, 3.8) is 0 Å². The summed E-state index contributed by atoms with van der Waals surface area (Å²) in [7, 11) is 0. The minimum atomic E-state index is 0.531. The first-order chi connectivity index (χ1) is 6.92. The highest BCUT2D eigenvalue weighted by Crippen LogP contribution is 2.37. The molecule has 0 spiro atoms. The minimum Gasteiger partial charge on any atom is -0.373 e. The molecule has 3 rings (SSSR count). The predicted octanol–water partition coefficient (Wildman–Crippen LogP) is 2.09. The Morgan fingerprint density at radius 2 is 1.93 bits per heavy atom. The summed E-state index contributed by atoms with van der Waals surface area (Å²) in [5.74, 6) is 0.898. The van der Waals surface area contributed by atoms with Crippen LogP contribution in [0, 0.1) is 5.92 Å². The average Bonchev–Trinajstić information content (AvgIpc) is 2.94. The van der Waals surface area contributed by atoms with Gasteiger partial charge in [-0.3, -0.25) is 0 Å². The fourth-order valence-corrected chi connectivity index (χ4v) is 2.98. The largest absolute Gasteiger partial charge is 0.373 e. The molecular formula is C12H21NO. The molecule has 1 N–H and O–H groups in total. The van der Waals surface area contributed by atoms with Crippen LogP contribution in [-0.2, 0) is 4.74 Å². The maximum atomic E-state index is 6.08. The summed E-state index contributed by atoms with van der Waals surface area (Å²) < 4.78 is 6.08. The number of nitrogens with one attached hydrogen (secondary N) is 1. The van der Waals surface area contributed by atoms with Gasteiger partial charge in [0.25, 0.3) is 0 Å². The van der Waals surface area contributed by atoms with Gasteiger partial charge in [0.1, 0.15) is 0 Å². The molecule has 0 aromatic heterocycles. The molecule has 3 unspecified atom stereocenters. The van der Waals surface area contributed by atoms with Gasteiger partial charge in [0, 0.05) is 12.6 Å². The van der Waals surface area contributed by atoms with E-state index in [0.29, 0.717) is 12.2 Å². The Morgan fingerprint density at radius 3 is 2.71 bits per heavy atom. The molecular weight excluding hydrogens is 174 g/mol. The van der Waals surface area contributed by atoms with Gasteiger partial charge >= 0.3 is 0 Å². The van der Waals surface area contributed by atoms with E-state index in [9.17, 15) is 0 Å². The Morgan fingerprint density at radius 1 is 1.07 bits per heavy atom. The lowest BCUT2D eigenvalue weighted by Gasteiger charge is -2.23. The number of rotatable bonds is 3. The fraction of sp³-hybridized carbons (Fsp3) is 1.00. The van der Waals surface area contributed by atoms with Crippen molar-refractivity contribution in [3.05, 3.63) is 0 Å². The second kappa shape index (κ2) is 3.82. The molecule has 3 aliphatic rings. The van der Waals surface area contributed by atoms with Crippen LogP contribution in [0.15, 0.2) is 0 Å². The highest BCUT2D eigenvalue weighted by molar-refractivity contribution is 4.88. The SMILES string of the molecule is C1CCC2OC(CNC3CC3)CC2C1. The Kier molecular flexibility index (Phi) is 2.50. The van der Waals surface area contributed by atoms with Gasteiger partial charge < -0.3 is 10.1 Å². The standard InChI is InChI=1S/C12H21NO/c1-2-4-12-9(3-1)7-11(14-12)8-13-10-5-6-10/h9-13H,1-8H2. The molecule has 3 fully saturated rings. The molecule has 0 amide bonds. The molecule has 0 aromatic carbocycles. The first-order valence-corrected chi connectivity index (χ1v) is 6.30. The van der Waals surface area contributed by atoms with E-state index in [0.717, 1.165) is 18.5 Å². The summed E-state index contributed by atoms with van der Waals surface area (Å²) in [6.07, 6.45) is 10.8. The van der Waals surface area contributed by atoms with Crippen molar-refractivity contribution >= 4 is 0 Å². The van der Waals surface area contributed by atoms with Gasteiger partial charge in [0.05, 0.1) is 12.2 Å². The van der Waals surface area contributed by atoms with Crippen molar-refractivity contribution in [2.24, 2.45) is 5.92 Å². The van der Waals surface area contributed by atoms with E-state index in [4.69, 9.17) is 4.74 Å². The van der Waals surface area contributed by atoms with Crippen molar-refractivity contribution in [2.75, 3.05) is 6.54 Å². The van der Waals surface area contributed by atoms with Gasteiger partial charge in [-0.2, -0.15) is 0 Å². The summed E-state index contributed by atoms with van der Waals surface area (Å²) >= 11 is 0. The molecule has 2 aliphatic carbocycles. The fourth-order valence-electron chi connectivity index (χ4n) is 2.98. The predicted molar refractivity (Wildman–Crippen MR) is 56.3 cm³/mol. The van der Waals surface area contributed by atoms with Crippen LogP contribution in [0.4, 0.5) is 0 Å². The number of ether oxygens (including phenoxy) is 1. The molecule has 1 heterocycles. The van der Waals surface area contributed by atoms with Crippen LogP contribution in [0.2, 0.25) is 0 Å². The lowest BCUT2D eigenvalue weighted by atomic mass is 9.85. The van der Waals surface area contributed by atoms with Crippen LogP contribution in [-0.4, -0.2) is 24.8 Å². The molecule has 3 atom stereocenters. The number of hydrogen-bond acceptors (Lipinski definition) is 2. The van der Waals surface area contributed by atoms with E-state index in [2.05, 4.69) is 5.32 Å². The van der Waals surface area contributed by atoms with Crippen molar-refractivity contribution < 1.29 is 4.74 Å². The molecule has 14 heavy (non-hydrogen) atoms. The first-order valence-electron chi connectivity index (χ1n) is 6.30. The second-order valence-electron chi connectivity index (χ2n) is 5.26. The van der Waals surface area contributed by atoms with E-state index in [1.807, 2.05) is 0 Å². The lowest BCUT2D eigenvalue weighted by Crippen LogP contribution is -2.28. The van der Waals surface area contributed by atoms with Crippen LogP contribution < -0.4 is 5.32 Å². The lowest BCUT2D eigenvalue weighted by molar-refractivity contribution is 0.0194. The van der Waals surface area contributed by atoms with Crippen molar-refractivity contribution in [2.45, 2.75) is 63.2 Å². The molecule has 1 saturated heterocycles. The van der Waals surface area contributed by atoms with Gasteiger partial charge in [0.15, 0.2) is 0 Å². The zero-order valence-corrected chi connectivity index (χ0v) is 8.87. The van der Waals surface area contributed by atoms with E-state index in [-0.39, 0.29) is 0 Å². The molecule has 1 aliphatic heterocycles. The topological polar surface area (TPSA) is 21.3 Å². The summed E-state index contributed by atoms with van der Waals surface area (Å²) in [4.78, 5) is 0. The molecule has 0 radical (unpaired) electrons. The van der Waals surface area contributed by atoms with Crippen LogP contribution in [0.3, 0.4) is 0 Å². The highest BCUT2D eigenvalue weighted by Gasteiger charge is 2.36. The Labute approximate surface area is 86.4 Å². The molecule has 2 heteroatoms. The summed E-state index contributed by atoms with van der Waals surface area (Å²) in [5, 5.41) is 3.58. The molecule has 0 aromatic rings. The maximum Gasteiger partial charge on any atom is 0.0707 e. The van der Waals surface area contributed by atoms with Crippen LogP contribution in [0.1, 0.15) is 44.9 Å². The molecule has 2 nitrogen and oxygen atoms in total. The van der Waals surface area contributed by atoms with Crippen molar-refractivity contribution in [1.82, 2.24) is 5.32 Å². The zero-order chi connectivity index (χ0) is 9.38. The third kappa shape index (κ3) is 1.96. The van der Waals surface area contributed by atoms with Crippen molar-refractivity contribution in [3.8, 4) is 0 Å². The van der Waals surface area contributed by atoms with Gasteiger partial charge in [0.2, 0.25) is 0 Å². The smallest absolute Gasteiger partial charge is 0.0707 e. The number of fused-ring (bicyclic) bond motifs is 1. The Hall–Kier alpha value is -0.0800. The van der Waals surface area contributed by atoms with Crippen LogP contribution in [0.5, 0.6) is 0 Å². The average molecular weight is 195 g/mol. The van der Waals surface area contributed by atoms with Crippen molar-refractivity contribution in [1.29, 1.82) is 0 Å². The zero-order valence-electron chi connectivity index (χ0n) is 8.87. The highest BCUT2D eigenvalue weighted by atomic mass is 16.5. The van der Waals surface area contributed by atoms with E-state index in [1.54, 1.807) is 0 Å². The first kappa shape index (κ1) is 9.17. The van der Waals surface area contributed by atoms with Crippen LogP contribution >= 0.6 is 0 Å². The summed E-state index contributed by atoms with van der Waals surface area (Å²) in [6.45, 7) is 1.11. The Balaban J connectivity index is 1.47. The summed E-state index contributed by atoms with van der Waals surface area (Å²) in [5.41, 5.74) is 0. The quantitative estimate of drug-likeness (QED) is 0.744. The second-order valence-corrected chi connectivity index (χ2v) is 5.26. The molecule has 0 bridgehead atoms. The maximum absolute atomic E-state index is 6.08. The van der Waals surface area contributed by atoms with E-state index >= 15 is 0 Å². The monoisotopic (exact) mass is 195 g/mol. The molecule has 80 valence electrons. The van der Waals surface area contributed by atoms with Gasteiger partial charge in [-0.15, -0.1) is 0 Å². The van der Waals surface area contributed by atoms with Crippen LogP contribution in [0.25, 0.3) is 0 Å².